The maximum absolute atomic E-state index is 10.4. The molecule has 0 radical (unpaired) electrons. The first kappa shape index (κ1) is 13.2. The summed E-state index contributed by atoms with van der Waals surface area (Å²) in [5.74, 6) is 0.914. The van der Waals surface area contributed by atoms with Gasteiger partial charge in [-0.1, -0.05) is 36.4 Å². The lowest BCUT2D eigenvalue weighted by Gasteiger charge is -2.18. The molecule has 20 heavy (non-hydrogen) atoms. The van der Waals surface area contributed by atoms with Crippen LogP contribution in [0.25, 0.3) is 0 Å². The van der Waals surface area contributed by atoms with E-state index in [1.165, 1.54) is 22.3 Å². The van der Waals surface area contributed by atoms with Gasteiger partial charge in [-0.15, -0.1) is 0 Å². The Morgan fingerprint density at radius 3 is 2.70 bits per heavy atom. The summed E-state index contributed by atoms with van der Waals surface area (Å²) < 4.78 is 5.84. The second-order valence-corrected chi connectivity index (χ2v) is 5.66. The van der Waals surface area contributed by atoms with Crippen molar-refractivity contribution in [3.8, 4) is 5.75 Å². The lowest BCUT2D eigenvalue weighted by atomic mass is 9.98. The van der Waals surface area contributed by atoms with Gasteiger partial charge < -0.3 is 9.84 Å². The predicted molar refractivity (Wildman–Crippen MR) is 80.2 cm³/mol. The Kier molecular flexibility index (Phi) is 3.49. The Morgan fingerprint density at radius 1 is 1.15 bits per heavy atom. The monoisotopic (exact) mass is 268 g/mol. The van der Waals surface area contributed by atoms with Crippen molar-refractivity contribution < 1.29 is 9.84 Å². The Bertz CT molecular complexity index is 594. The van der Waals surface area contributed by atoms with Gasteiger partial charge in [-0.05, 0) is 42.2 Å². The van der Waals surface area contributed by atoms with Crippen molar-refractivity contribution in [2.24, 2.45) is 0 Å². The maximum Gasteiger partial charge on any atom is 0.129 e. The summed E-state index contributed by atoms with van der Waals surface area (Å²) in [5.41, 5.74) is 4.91. The summed E-state index contributed by atoms with van der Waals surface area (Å²) in [7, 11) is 0. The normalized spacial score (nSPS) is 18.4. The lowest BCUT2D eigenvalue weighted by Crippen LogP contribution is -2.32. The average Bonchev–Trinajstić information content (AvgIpc) is 2.87. The Balaban J connectivity index is 1.69. The van der Waals surface area contributed by atoms with E-state index in [1.54, 1.807) is 0 Å². The lowest BCUT2D eigenvalue weighted by molar-refractivity contribution is 0.0503. The number of para-hydroxylation sites is 1. The highest BCUT2D eigenvalue weighted by Crippen LogP contribution is 2.30. The second kappa shape index (κ2) is 5.29. The van der Waals surface area contributed by atoms with Gasteiger partial charge in [-0.2, -0.15) is 0 Å². The van der Waals surface area contributed by atoms with Crippen LogP contribution in [0.2, 0.25) is 0 Å². The molecule has 0 amide bonds. The zero-order chi connectivity index (χ0) is 14.1. The number of rotatable bonds is 3. The van der Waals surface area contributed by atoms with E-state index in [-0.39, 0.29) is 6.10 Å². The van der Waals surface area contributed by atoms with Gasteiger partial charge in [-0.25, -0.2) is 0 Å². The fourth-order valence-electron chi connectivity index (χ4n) is 2.73. The molecule has 3 rings (SSSR count). The molecular weight excluding hydrogens is 248 g/mol. The Labute approximate surface area is 120 Å². The van der Waals surface area contributed by atoms with Gasteiger partial charge in [0.05, 0.1) is 6.10 Å². The maximum atomic E-state index is 10.4. The van der Waals surface area contributed by atoms with Crippen LogP contribution in [0.3, 0.4) is 0 Å². The molecule has 0 saturated carbocycles. The molecule has 1 N–H and O–H groups in total. The largest absolute Gasteiger partial charge is 0.487 e. The van der Waals surface area contributed by atoms with Crippen molar-refractivity contribution in [1.82, 2.24) is 0 Å². The number of fused-ring (bicyclic) bond motifs is 1. The fraction of sp³-hybridized carbons (Fsp3) is 0.333. The molecule has 2 aromatic rings. The molecule has 0 aromatic heterocycles. The number of ether oxygens (including phenoxy) is 1. The van der Waals surface area contributed by atoms with Crippen LogP contribution in [-0.4, -0.2) is 17.3 Å². The van der Waals surface area contributed by atoms with Gasteiger partial charge in [0.25, 0.3) is 0 Å². The molecule has 0 aliphatic carbocycles. The first-order valence-electron chi connectivity index (χ1n) is 7.12. The van der Waals surface area contributed by atoms with Crippen molar-refractivity contribution in [1.29, 1.82) is 0 Å². The molecular formula is C18H20O2. The van der Waals surface area contributed by atoms with Crippen molar-refractivity contribution in [2.75, 3.05) is 0 Å². The molecule has 2 aromatic carbocycles. The molecule has 0 spiro atoms. The fourth-order valence-corrected chi connectivity index (χ4v) is 2.73. The predicted octanol–water partition coefficient (Wildman–Crippen LogP) is 3.21. The third kappa shape index (κ3) is 2.56. The molecule has 0 saturated heterocycles. The number of aryl methyl sites for hydroxylation is 2. The summed E-state index contributed by atoms with van der Waals surface area (Å²) in [6.45, 7) is 4.21. The standard InChI is InChI=1S/C18H20O2/c1-12-7-8-14(9-13(12)2)10-16(19)18-11-15-5-3-4-6-17(15)20-18/h3-9,16,18-19H,10-11H2,1-2H3. The zero-order valence-corrected chi connectivity index (χ0v) is 12.0. The van der Waals surface area contributed by atoms with E-state index in [0.29, 0.717) is 6.42 Å². The van der Waals surface area contributed by atoms with Gasteiger partial charge in [-0.3, -0.25) is 0 Å². The van der Waals surface area contributed by atoms with E-state index in [2.05, 4.69) is 38.1 Å². The molecule has 0 fully saturated rings. The Morgan fingerprint density at radius 2 is 1.95 bits per heavy atom. The molecule has 1 heterocycles. The van der Waals surface area contributed by atoms with Crippen LogP contribution in [0, 0.1) is 13.8 Å². The van der Waals surface area contributed by atoms with Crippen LogP contribution in [0.15, 0.2) is 42.5 Å². The molecule has 1 aliphatic rings. The van der Waals surface area contributed by atoms with Crippen LogP contribution >= 0.6 is 0 Å². The van der Waals surface area contributed by atoms with Crippen LogP contribution in [0.4, 0.5) is 0 Å². The van der Waals surface area contributed by atoms with Crippen LogP contribution in [-0.2, 0) is 12.8 Å². The number of hydrogen-bond acceptors (Lipinski definition) is 2. The smallest absolute Gasteiger partial charge is 0.129 e. The minimum atomic E-state index is -0.468. The number of hydrogen-bond donors (Lipinski definition) is 1. The summed E-state index contributed by atoms with van der Waals surface area (Å²) in [6, 6.07) is 14.4. The second-order valence-electron chi connectivity index (χ2n) is 5.66. The molecule has 1 aliphatic heterocycles. The topological polar surface area (TPSA) is 29.5 Å². The van der Waals surface area contributed by atoms with Crippen LogP contribution in [0.1, 0.15) is 22.3 Å². The summed E-state index contributed by atoms with van der Waals surface area (Å²) in [4.78, 5) is 0. The van der Waals surface area contributed by atoms with E-state index < -0.39 is 6.10 Å². The molecule has 2 unspecified atom stereocenters. The van der Waals surface area contributed by atoms with Crippen LogP contribution < -0.4 is 4.74 Å². The van der Waals surface area contributed by atoms with Crippen molar-refractivity contribution >= 4 is 0 Å². The minimum absolute atomic E-state index is 0.131. The van der Waals surface area contributed by atoms with Crippen molar-refractivity contribution in [3.63, 3.8) is 0 Å². The van der Waals surface area contributed by atoms with Crippen molar-refractivity contribution in [3.05, 3.63) is 64.7 Å². The first-order valence-corrected chi connectivity index (χ1v) is 7.12. The SMILES string of the molecule is Cc1ccc(CC(O)C2Cc3ccccc3O2)cc1C. The van der Waals surface area contributed by atoms with E-state index in [0.717, 1.165) is 12.2 Å². The summed E-state index contributed by atoms with van der Waals surface area (Å²) >= 11 is 0. The molecule has 2 nitrogen and oxygen atoms in total. The van der Waals surface area contributed by atoms with E-state index >= 15 is 0 Å². The first-order chi connectivity index (χ1) is 9.63. The minimum Gasteiger partial charge on any atom is -0.487 e. The van der Waals surface area contributed by atoms with Gasteiger partial charge in [0, 0.05) is 12.8 Å². The molecule has 2 heteroatoms. The highest BCUT2D eigenvalue weighted by Gasteiger charge is 2.28. The van der Waals surface area contributed by atoms with Gasteiger partial charge in [0.15, 0.2) is 0 Å². The third-order valence-corrected chi connectivity index (χ3v) is 4.12. The quantitative estimate of drug-likeness (QED) is 0.926. The molecule has 0 bridgehead atoms. The van der Waals surface area contributed by atoms with Gasteiger partial charge >= 0.3 is 0 Å². The van der Waals surface area contributed by atoms with Crippen molar-refractivity contribution in [2.45, 2.75) is 38.9 Å². The number of aliphatic hydroxyl groups is 1. The van der Waals surface area contributed by atoms with Crippen LogP contribution in [0.5, 0.6) is 5.75 Å². The Hall–Kier alpha value is -1.80. The van der Waals surface area contributed by atoms with E-state index in [9.17, 15) is 5.11 Å². The van der Waals surface area contributed by atoms with E-state index in [4.69, 9.17) is 4.74 Å². The number of benzene rings is 2. The van der Waals surface area contributed by atoms with Gasteiger partial charge in [0.2, 0.25) is 0 Å². The average molecular weight is 268 g/mol. The molecule has 104 valence electrons. The summed E-state index contributed by atoms with van der Waals surface area (Å²) in [5, 5.41) is 10.4. The van der Waals surface area contributed by atoms with E-state index in [1.807, 2.05) is 18.2 Å². The highest BCUT2D eigenvalue weighted by atomic mass is 16.5. The zero-order valence-electron chi connectivity index (χ0n) is 12.0. The number of aliphatic hydroxyl groups excluding tert-OH is 1. The molecule has 2 atom stereocenters. The van der Waals surface area contributed by atoms with Gasteiger partial charge in [0.1, 0.15) is 11.9 Å². The highest BCUT2D eigenvalue weighted by molar-refractivity contribution is 5.38. The summed E-state index contributed by atoms with van der Waals surface area (Å²) in [6.07, 6.45) is 0.834. The third-order valence-electron chi connectivity index (χ3n) is 4.12.